The van der Waals surface area contributed by atoms with Gasteiger partial charge in [-0.3, -0.25) is 9.78 Å². The summed E-state index contributed by atoms with van der Waals surface area (Å²) in [7, 11) is 0. The van der Waals surface area contributed by atoms with Gasteiger partial charge in [-0.25, -0.2) is 0 Å². The van der Waals surface area contributed by atoms with Gasteiger partial charge < -0.3 is 0 Å². The molecular formula is C13H8F3NO. The molecule has 0 fully saturated rings. The standard InChI is InChI=1S/C13H8F3NO/c14-13(15,16)11-2-1-7-17-12(11)10-5-3-9(8-18)4-6-10/h1-8H. The normalized spacial score (nSPS) is 11.3. The average molecular weight is 251 g/mol. The third-order valence-corrected chi connectivity index (χ3v) is 2.43. The molecule has 2 aromatic rings. The number of hydrogen-bond acceptors (Lipinski definition) is 2. The molecule has 92 valence electrons. The maximum atomic E-state index is 12.8. The van der Waals surface area contributed by atoms with Gasteiger partial charge >= 0.3 is 6.18 Å². The summed E-state index contributed by atoms with van der Waals surface area (Å²) in [6, 6.07) is 8.03. The van der Waals surface area contributed by atoms with E-state index in [0.29, 0.717) is 17.4 Å². The number of nitrogens with zero attached hydrogens (tertiary/aromatic N) is 1. The molecule has 18 heavy (non-hydrogen) atoms. The highest BCUT2D eigenvalue weighted by atomic mass is 19.4. The Hall–Kier alpha value is -2.17. The molecule has 1 aromatic carbocycles. The number of rotatable bonds is 2. The van der Waals surface area contributed by atoms with Crippen molar-refractivity contribution in [3.05, 3.63) is 53.7 Å². The first-order chi connectivity index (χ1) is 8.52. The van der Waals surface area contributed by atoms with Gasteiger partial charge in [-0.15, -0.1) is 0 Å². The van der Waals surface area contributed by atoms with Crippen LogP contribution in [0, 0.1) is 0 Å². The number of carbonyl (C=O) groups excluding carboxylic acids is 1. The van der Waals surface area contributed by atoms with Crippen molar-refractivity contribution >= 4 is 6.29 Å². The van der Waals surface area contributed by atoms with Gasteiger partial charge in [0.25, 0.3) is 0 Å². The second kappa shape index (κ2) is 4.60. The second-order valence-corrected chi connectivity index (χ2v) is 3.64. The Kier molecular flexibility index (Phi) is 3.14. The lowest BCUT2D eigenvalue weighted by atomic mass is 10.0. The van der Waals surface area contributed by atoms with E-state index in [0.717, 1.165) is 6.07 Å². The van der Waals surface area contributed by atoms with Crippen LogP contribution in [-0.2, 0) is 6.18 Å². The first kappa shape index (κ1) is 12.3. The molecule has 2 nitrogen and oxygen atoms in total. The first-order valence-corrected chi connectivity index (χ1v) is 5.10. The second-order valence-electron chi connectivity index (χ2n) is 3.64. The number of alkyl halides is 3. The van der Waals surface area contributed by atoms with Gasteiger partial charge in [-0.2, -0.15) is 13.2 Å². The highest BCUT2D eigenvalue weighted by Gasteiger charge is 2.34. The third-order valence-electron chi connectivity index (χ3n) is 2.43. The molecule has 5 heteroatoms. The van der Waals surface area contributed by atoms with Crippen molar-refractivity contribution in [1.29, 1.82) is 0 Å². The van der Waals surface area contributed by atoms with Crippen molar-refractivity contribution in [1.82, 2.24) is 4.98 Å². The molecule has 0 spiro atoms. The number of pyridine rings is 1. The smallest absolute Gasteiger partial charge is 0.298 e. The molecule has 0 aliphatic heterocycles. The van der Waals surface area contributed by atoms with Crippen molar-refractivity contribution in [2.45, 2.75) is 6.18 Å². The van der Waals surface area contributed by atoms with E-state index in [1.807, 2.05) is 0 Å². The Morgan fingerprint density at radius 2 is 1.72 bits per heavy atom. The van der Waals surface area contributed by atoms with Crippen molar-refractivity contribution in [2.75, 3.05) is 0 Å². The molecule has 1 heterocycles. The van der Waals surface area contributed by atoms with Crippen LogP contribution in [0.2, 0.25) is 0 Å². The zero-order valence-electron chi connectivity index (χ0n) is 9.11. The Balaban J connectivity index is 2.53. The van der Waals surface area contributed by atoms with Crippen LogP contribution in [-0.4, -0.2) is 11.3 Å². The zero-order valence-corrected chi connectivity index (χ0v) is 9.11. The molecule has 1 aromatic heterocycles. The number of aldehydes is 1. The van der Waals surface area contributed by atoms with Crippen molar-refractivity contribution in [3.8, 4) is 11.3 Å². The molecule has 0 radical (unpaired) electrons. The zero-order chi connectivity index (χ0) is 13.2. The molecule has 0 bridgehead atoms. The fourth-order valence-corrected chi connectivity index (χ4v) is 1.58. The lowest BCUT2D eigenvalue weighted by Crippen LogP contribution is -2.08. The number of carbonyl (C=O) groups is 1. The Bertz CT molecular complexity index is 561. The Morgan fingerprint density at radius 1 is 1.06 bits per heavy atom. The van der Waals surface area contributed by atoms with Crippen LogP contribution in [0.25, 0.3) is 11.3 Å². The van der Waals surface area contributed by atoms with Crippen LogP contribution in [0.4, 0.5) is 13.2 Å². The van der Waals surface area contributed by atoms with Gasteiger partial charge in [0, 0.05) is 17.3 Å². The van der Waals surface area contributed by atoms with Crippen LogP contribution in [0.5, 0.6) is 0 Å². The van der Waals surface area contributed by atoms with Gasteiger partial charge in [0.1, 0.15) is 6.29 Å². The van der Waals surface area contributed by atoms with E-state index in [-0.39, 0.29) is 5.69 Å². The van der Waals surface area contributed by atoms with Crippen LogP contribution in [0.1, 0.15) is 15.9 Å². The quantitative estimate of drug-likeness (QED) is 0.763. The average Bonchev–Trinajstić information content (AvgIpc) is 2.38. The number of halogens is 3. The predicted molar refractivity (Wildman–Crippen MR) is 60.1 cm³/mol. The summed E-state index contributed by atoms with van der Waals surface area (Å²) >= 11 is 0. The Labute approximate surface area is 101 Å². The molecule has 0 unspecified atom stereocenters. The van der Waals surface area contributed by atoms with E-state index in [1.165, 1.54) is 36.5 Å². The van der Waals surface area contributed by atoms with E-state index >= 15 is 0 Å². The molecule has 0 atom stereocenters. The van der Waals surface area contributed by atoms with E-state index in [2.05, 4.69) is 4.98 Å². The van der Waals surface area contributed by atoms with Crippen molar-refractivity contribution in [3.63, 3.8) is 0 Å². The van der Waals surface area contributed by atoms with Gasteiger partial charge in [0.15, 0.2) is 0 Å². The maximum absolute atomic E-state index is 12.8. The minimum Gasteiger partial charge on any atom is -0.298 e. The monoisotopic (exact) mass is 251 g/mol. The summed E-state index contributed by atoms with van der Waals surface area (Å²) in [5.74, 6) is 0. The van der Waals surface area contributed by atoms with E-state index in [1.54, 1.807) is 0 Å². The predicted octanol–water partition coefficient (Wildman–Crippen LogP) is 3.58. The highest BCUT2D eigenvalue weighted by molar-refractivity contribution is 5.76. The fraction of sp³-hybridized carbons (Fsp3) is 0.0769. The van der Waals surface area contributed by atoms with Gasteiger partial charge in [-0.05, 0) is 12.1 Å². The number of benzene rings is 1. The largest absolute Gasteiger partial charge is 0.418 e. The van der Waals surface area contributed by atoms with Crippen LogP contribution in [0.3, 0.4) is 0 Å². The molecule has 0 amide bonds. The molecule has 0 saturated heterocycles. The van der Waals surface area contributed by atoms with Crippen LogP contribution in [0.15, 0.2) is 42.6 Å². The summed E-state index contributed by atoms with van der Waals surface area (Å²) in [4.78, 5) is 14.2. The van der Waals surface area contributed by atoms with E-state index in [4.69, 9.17) is 0 Å². The number of aromatic nitrogens is 1. The molecule has 0 aliphatic rings. The summed E-state index contributed by atoms with van der Waals surface area (Å²) in [6.07, 6.45) is -2.52. The maximum Gasteiger partial charge on any atom is 0.418 e. The molecular weight excluding hydrogens is 243 g/mol. The minimum atomic E-state index is -4.45. The van der Waals surface area contributed by atoms with Crippen LogP contribution < -0.4 is 0 Å². The van der Waals surface area contributed by atoms with Crippen molar-refractivity contribution in [2.24, 2.45) is 0 Å². The Morgan fingerprint density at radius 3 is 2.28 bits per heavy atom. The summed E-state index contributed by atoms with van der Waals surface area (Å²) in [5, 5.41) is 0. The fourth-order valence-electron chi connectivity index (χ4n) is 1.58. The molecule has 2 rings (SSSR count). The summed E-state index contributed by atoms with van der Waals surface area (Å²) in [6.45, 7) is 0. The lowest BCUT2D eigenvalue weighted by Gasteiger charge is -2.11. The van der Waals surface area contributed by atoms with Crippen molar-refractivity contribution < 1.29 is 18.0 Å². The lowest BCUT2D eigenvalue weighted by molar-refractivity contribution is -0.137. The third kappa shape index (κ3) is 2.40. The minimum absolute atomic E-state index is 0.137. The SMILES string of the molecule is O=Cc1ccc(-c2ncccc2C(F)(F)F)cc1. The summed E-state index contributed by atoms with van der Waals surface area (Å²) in [5.41, 5.74) is -0.192. The summed E-state index contributed by atoms with van der Waals surface area (Å²) < 4.78 is 38.3. The number of hydrogen-bond donors (Lipinski definition) is 0. The molecule has 0 aliphatic carbocycles. The van der Waals surface area contributed by atoms with Gasteiger partial charge in [0.05, 0.1) is 11.3 Å². The van der Waals surface area contributed by atoms with Gasteiger partial charge in [-0.1, -0.05) is 24.3 Å². The topological polar surface area (TPSA) is 30.0 Å². The molecule has 0 N–H and O–H groups in total. The van der Waals surface area contributed by atoms with E-state index in [9.17, 15) is 18.0 Å². The first-order valence-electron chi connectivity index (χ1n) is 5.10. The van der Waals surface area contributed by atoms with Crippen LogP contribution >= 0.6 is 0 Å². The van der Waals surface area contributed by atoms with Gasteiger partial charge in [0.2, 0.25) is 0 Å². The molecule has 0 saturated carbocycles. The van der Waals surface area contributed by atoms with E-state index < -0.39 is 11.7 Å². The highest BCUT2D eigenvalue weighted by Crippen LogP contribution is 2.35.